The Morgan fingerprint density at radius 2 is 1.80 bits per heavy atom. The lowest BCUT2D eigenvalue weighted by atomic mass is 10.1. The van der Waals surface area contributed by atoms with Crippen LogP contribution in [0.1, 0.15) is 28.6 Å². The fourth-order valence-electron chi connectivity index (χ4n) is 3.88. The number of thiocarbonyl (C=S) groups is 1. The Morgan fingerprint density at radius 3 is 2.46 bits per heavy atom. The molecule has 1 unspecified atom stereocenters. The van der Waals surface area contributed by atoms with E-state index in [0.29, 0.717) is 35.0 Å². The molecule has 0 radical (unpaired) electrons. The average Bonchev–Trinajstić information content (AvgIpc) is 3.45. The Labute approximate surface area is 213 Å². The third-order valence-electron chi connectivity index (χ3n) is 5.57. The van der Waals surface area contributed by atoms with Crippen LogP contribution in [0.3, 0.4) is 0 Å². The molecule has 0 bridgehead atoms. The van der Waals surface area contributed by atoms with Crippen molar-refractivity contribution in [1.82, 2.24) is 4.90 Å². The van der Waals surface area contributed by atoms with E-state index in [2.05, 4.69) is 5.32 Å². The minimum Gasteiger partial charge on any atom is -0.462 e. The summed E-state index contributed by atoms with van der Waals surface area (Å²) in [4.78, 5) is 42.8. The molecule has 7 nitrogen and oxygen atoms in total. The number of rotatable bonds is 9. The van der Waals surface area contributed by atoms with Gasteiger partial charge in [0.25, 0.3) is 5.91 Å². The summed E-state index contributed by atoms with van der Waals surface area (Å²) in [6.07, 6.45) is 0.674. The number of nitrogens with one attached hydrogen (secondary N) is 1. The number of hydrogen-bond donors (Lipinski definition) is 1. The number of anilines is 2. The van der Waals surface area contributed by atoms with Gasteiger partial charge in [-0.05, 0) is 73.4 Å². The minimum absolute atomic E-state index is 0.0320. The first-order valence-electron chi connectivity index (χ1n) is 11.3. The number of thiophene rings is 1. The zero-order chi connectivity index (χ0) is 24.8. The molecule has 1 saturated heterocycles. The quantitative estimate of drug-likeness (QED) is 0.339. The van der Waals surface area contributed by atoms with E-state index in [4.69, 9.17) is 17.0 Å². The second-order valence-electron chi connectivity index (χ2n) is 7.88. The average molecular weight is 508 g/mol. The van der Waals surface area contributed by atoms with E-state index in [9.17, 15) is 14.4 Å². The molecule has 2 amide bonds. The number of ether oxygens (including phenoxy) is 1. The molecule has 1 aliphatic rings. The number of amides is 2. The van der Waals surface area contributed by atoms with Crippen molar-refractivity contribution in [2.75, 3.05) is 23.4 Å². The maximum absolute atomic E-state index is 13.5. The van der Waals surface area contributed by atoms with Crippen LogP contribution < -0.4 is 10.2 Å². The van der Waals surface area contributed by atoms with Gasteiger partial charge in [-0.3, -0.25) is 14.5 Å². The van der Waals surface area contributed by atoms with Gasteiger partial charge in [0, 0.05) is 17.1 Å². The molecule has 1 aromatic heterocycles. The first-order chi connectivity index (χ1) is 17.0. The highest BCUT2D eigenvalue weighted by Crippen LogP contribution is 2.28. The van der Waals surface area contributed by atoms with Crippen LogP contribution >= 0.6 is 23.6 Å². The van der Waals surface area contributed by atoms with E-state index in [-0.39, 0.29) is 24.8 Å². The number of esters is 1. The molecule has 180 valence electrons. The smallest absolute Gasteiger partial charge is 0.338 e. The van der Waals surface area contributed by atoms with Gasteiger partial charge in [0.1, 0.15) is 6.04 Å². The van der Waals surface area contributed by atoms with Crippen LogP contribution in [0.4, 0.5) is 11.4 Å². The Kier molecular flexibility index (Phi) is 7.89. The van der Waals surface area contributed by atoms with Crippen LogP contribution in [0, 0.1) is 0 Å². The Balaban J connectivity index is 1.55. The highest BCUT2D eigenvalue weighted by atomic mass is 32.1. The molecule has 4 rings (SSSR count). The lowest BCUT2D eigenvalue weighted by Gasteiger charge is -2.23. The summed E-state index contributed by atoms with van der Waals surface area (Å²) in [5.74, 6) is -0.964. The van der Waals surface area contributed by atoms with E-state index in [1.165, 1.54) is 9.78 Å². The summed E-state index contributed by atoms with van der Waals surface area (Å²) in [6.45, 7) is 2.53. The van der Waals surface area contributed by atoms with Gasteiger partial charge in [-0.15, -0.1) is 11.3 Å². The standard InChI is InChI=1S/C26H25N3O4S2/c1-2-33-25(32)18-10-12-20(13-11-18)29-24(31)22(17-23(30)27-19-7-4-3-5-8-19)28(26(29)34)15-14-21-9-6-16-35-21/h3-13,16,22H,2,14-15,17H2,1H3,(H,27,30). The monoisotopic (exact) mass is 507 g/mol. The molecule has 1 fully saturated rings. The van der Waals surface area contributed by atoms with Gasteiger partial charge in [0.05, 0.1) is 24.3 Å². The van der Waals surface area contributed by atoms with Crippen molar-refractivity contribution in [3.8, 4) is 0 Å². The third-order valence-corrected chi connectivity index (χ3v) is 6.92. The van der Waals surface area contributed by atoms with Crippen LogP contribution in [0.15, 0.2) is 72.1 Å². The predicted octanol–water partition coefficient (Wildman–Crippen LogP) is 4.50. The molecule has 3 aromatic rings. The third kappa shape index (κ3) is 5.75. The summed E-state index contributed by atoms with van der Waals surface area (Å²) >= 11 is 7.35. The lowest BCUT2D eigenvalue weighted by molar-refractivity contribution is -0.124. The normalized spacial score (nSPS) is 15.4. The molecule has 1 N–H and O–H groups in total. The first kappa shape index (κ1) is 24.6. The van der Waals surface area contributed by atoms with E-state index < -0.39 is 12.0 Å². The first-order valence-corrected chi connectivity index (χ1v) is 12.6. The van der Waals surface area contributed by atoms with Crippen molar-refractivity contribution < 1.29 is 19.1 Å². The molecule has 1 aliphatic heterocycles. The molecule has 9 heteroatoms. The molecule has 2 heterocycles. The largest absolute Gasteiger partial charge is 0.462 e. The molecular formula is C26H25N3O4S2. The van der Waals surface area contributed by atoms with Gasteiger partial charge in [-0.25, -0.2) is 4.79 Å². The van der Waals surface area contributed by atoms with Gasteiger partial charge in [-0.2, -0.15) is 0 Å². The van der Waals surface area contributed by atoms with Crippen molar-refractivity contribution in [1.29, 1.82) is 0 Å². The van der Waals surface area contributed by atoms with Gasteiger partial charge >= 0.3 is 5.97 Å². The van der Waals surface area contributed by atoms with Crippen molar-refractivity contribution in [3.05, 3.63) is 82.6 Å². The maximum atomic E-state index is 13.5. The number of hydrogen-bond acceptors (Lipinski definition) is 6. The molecule has 0 saturated carbocycles. The van der Waals surface area contributed by atoms with Crippen molar-refractivity contribution in [3.63, 3.8) is 0 Å². The lowest BCUT2D eigenvalue weighted by Crippen LogP contribution is -2.39. The van der Waals surface area contributed by atoms with Crippen LogP contribution in [-0.2, 0) is 20.7 Å². The molecule has 35 heavy (non-hydrogen) atoms. The van der Waals surface area contributed by atoms with Crippen LogP contribution in [-0.4, -0.2) is 47.0 Å². The van der Waals surface area contributed by atoms with Gasteiger partial charge < -0.3 is 15.0 Å². The highest BCUT2D eigenvalue weighted by Gasteiger charge is 2.44. The van der Waals surface area contributed by atoms with Crippen LogP contribution in [0.25, 0.3) is 0 Å². The van der Waals surface area contributed by atoms with Gasteiger partial charge in [0.2, 0.25) is 5.91 Å². The number of carbonyl (C=O) groups excluding carboxylic acids is 3. The fraction of sp³-hybridized carbons (Fsp3) is 0.231. The van der Waals surface area contributed by atoms with Crippen molar-refractivity contribution in [2.24, 2.45) is 0 Å². The van der Waals surface area contributed by atoms with E-state index >= 15 is 0 Å². The predicted molar refractivity (Wildman–Crippen MR) is 141 cm³/mol. The Bertz CT molecular complexity index is 1200. The van der Waals surface area contributed by atoms with Crippen molar-refractivity contribution >= 4 is 57.8 Å². The van der Waals surface area contributed by atoms with E-state index in [1.54, 1.807) is 54.7 Å². The SMILES string of the molecule is CCOC(=O)c1ccc(N2C(=O)C(CC(=O)Nc3ccccc3)N(CCc3cccs3)C2=S)cc1. The van der Waals surface area contributed by atoms with E-state index in [0.717, 1.165) is 0 Å². The van der Waals surface area contributed by atoms with Crippen molar-refractivity contribution in [2.45, 2.75) is 25.8 Å². The maximum Gasteiger partial charge on any atom is 0.338 e. The molecule has 1 atom stereocenters. The second kappa shape index (κ2) is 11.2. The Morgan fingerprint density at radius 1 is 1.06 bits per heavy atom. The summed E-state index contributed by atoms with van der Waals surface area (Å²) in [5, 5.41) is 5.20. The fourth-order valence-corrected chi connectivity index (χ4v) is 4.99. The Hall–Kier alpha value is -3.56. The summed E-state index contributed by atoms with van der Waals surface area (Å²) in [7, 11) is 0. The summed E-state index contributed by atoms with van der Waals surface area (Å²) in [5.41, 5.74) is 1.60. The molecule has 0 aliphatic carbocycles. The molecule has 2 aromatic carbocycles. The van der Waals surface area contributed by atoms with E-state index in [1.807, 2.05) is 40.6 Å². The second-order valence-corrected chi connectivity index (χ2v) is 9.28. The molecule has 0 spiro atoms. The number of para-hydroxylation sites is 1. The van der Waals surface area contributed by atoms with Crippen LogP contribution in [0.5, 0.6) is 0 Å². The summed E-state index contributed by atoms with van der Waals surface area (Å²) in [6, 6.07) is 19.0. The topological polar surface area (TPSA) is 78.9 Å². The number of carbonyl (C=O) groups is 3. The van der Waals surface area contributed by atoms with Gasteiger partial charge in [-0.1, -0.05) is 24.3 Å². The highest BCUT2D eigenvalue weighted by molar-refractivity contribution is 7.80. The zero-order valence-electron chi connectivity index (χ0n) is 19.2. The molecular weight excluding hydrogens is 482 g/mol. The summed E-state index contributed by atoms with van der Waals surface area (Å²) < 4.78 is 5.03. The van der Waals surface area contributed by atoms with Gasteiger partial charge in [0.15, 0.2) is 5.11 Å². The number of benzene rings is 2. The van der Waals surface area contributed by atoms with Crippen LogP contribution in [0.2, 0.25) is 0 Å². The number of nitrogens with zero attached hydrogens (tertiary/aromatic N) is 2. The zero-order valence-corrected chi connectivity index (χ0v) is 20.8. The minimum atomic E-state index is -0.726.